The Balaban J connectivity index is 2.34. The van der Waals surface area contributed by atoms with Crippen LogP contribution in [0.3, 0.4) is 0 Å². The zero-order chi connectivity index (χ0) is 18.8. The van der Waals surface area contributed by atoms with Crippen molar-refractivity contribution < 1.29 is 18.3 Å². The maximum Gasteiger partial charge on any atom is 0.335 e. The molecular weight excluding hydrogens is 358 g/mol. The van der Waals surface area contributed by atoms with Crippen LogP contribution in [-0.4, -0.2) is 25.7 Å². The monoisotopic (exact) mass is 379 g/mol. The molecule has 0 aliphatic carbocycles. The van der Waals surface area contributed by atoms with Gasteiger partial charge in [-0.15, -0.1) is 11.8 Å². The van der Waals surface area contributed by atoms with Gasteiger partial charge in [-0.05, 0) is 47.6 Å². The highest BCUT2D eigenvalue weighted by Gasteiger charge is 2.19. The first-order valence-corrected chi connectivity index (χ1v) is 10.3. The van der Waals surface area contributed by atoms with E-state index in [-0.39, 0.29) is 15.9 Å². The van der Waals surface area contributed by atoms with Crippen LogP contribution in [0, 0.1) is 0 Å². The van der Waals surface area contributed by atoms with Gasteiger partial charge in [-0.3, -0.25) is 4.72 Å². The molecule has 7 heteroatoms. The summed E-state index contributed by atoms with van der Waals surface area (Å²) < 4.78 is 27.8. The van der Waals surface area contributed by atoms with Crippen LogP contribution in [0.2, 0.25) is 0 Å². The Morgan fingerprint density at radius 1 is 1.08 bits per heavy atom. The van der Waals surface area contributed by atoms with Gasteiger partial charge in [-0.1, -0.05) is 32.9 Å². The number of thioether (sulfide) groups is 1. The molecule has 0 aromatic heterocycles. The SMILES string of the molecule is CSc1cc(C(=O)O)ccc1NS(=O)(=O)c1ccc(C(C)(C)C)cc1. The fourth-order valence-corrected chi connectivity index (χ4v) is 3.97. The molecule has 0 unspecified atom stereocenters. The lowest BCUT2D eigenvalue weighted by Crippen LogP contribution is -2.15. The lowest BCUT2D eigenvalue weighted by Gasteiger charge is -2.19. The van der Waals surface area contributed by atoms with Crippen molar-refractivity contribution in [1.29, 1.82) is 0 Å². The summed E-state index contributed by atoms with van der Waals surface area (Å²) in [5.74, 6) is -1.05. The molecule has 0 fully saturated rings. The summed E-state index contributed by atoms with van der Waals surface area (Å²) in [4.78, 5) is 11.8. The van der Waals surface area contributed by atoms with E-state index in [1.165, 1.54) is 30.0 Å². The summed E-state index contributed by atoms with van der Waals surface area (Å²) >= 11 is 1.28. The second-order valence-electron chi connectivity index (χ2n) is 6.60. The normalized spacial score (nSPS) is 12.0. The zero-order valence-corrected chi connectivity index (χ0v) is 16.2. The molecule has 0 saturated carbocycles. The molecule has 2 N–H and O–H groups in total. The molecule has 5 nitrogen and oxygen atoms in total. The average molecular weight is 380 g/mol. The van der Waals surface area contributed by atoms with E-state index < -0.39 is 16.0 Å². The minimum absolute atomic E-state index is 0.0611. The fourth-order valence-electron chi connectivity index (χ4n) is 2.25. The van der Waals surface area contributed by atoms with Gasteiger partial charge in [0.2, 0.25) is 0 Å². The Hall–Kier alpha value is -1.99. The molecular formula is C18H21NO4S2. The van der Waals surface area contributed by atoms with E-state index in [0.29, 0.717) is 10.6 Å². The van der Waals surface area contributed by atoms with Crippen LogP contribution in [0.25, 0.3) is 0 Å². The van der Waals surface area contributed by atoms with Crippen molar-refractivity contribution in [2.75, 3.05) is 11.0 Å². The van der Waals surface area contributed by atoms with Crippen LogP contribution in [-0.2, 0) is 15.4 Å². The van der Waals surface area contributed by atoms with Crippen molar-refractivity contribution in [1.82, 2.24) is 0 Å². The van der Waals surface area contributed by atoms with Gasteiger partial charge in [0.1, 0.15) is 0 Å². The number of carboxylic acid groups (broad SMARTS) is 1. The standard InChI is InChI=1S/C18H21NO4S2/c1-18(2,3)13-6-8-14(9-7-13)25(22,23)19-15-10-5-12(17(20)21)11-16(15)24-4/h5-11,19H,1-4H3,(H,20,21). The quantitative estimate of drug-likeness (QED) is 0.761. The third-order valence-electron chi connectivity index (χ3n) is 3.72. The summed E-state index contributed by atoms with van der Waals surface area (Å²) in [5, 5.41) is 9.05. The van der Waals surface area contributed by atoms with Crippen molar-refractivity contribution in [2.24, 2.45) is 0 Å². The number of hydrogen-bond donors (Lipinski definition) is 2. The van der Waals surface area contributed by atoms with E-state index in [0.717, 1.165) is 5.56 Å². The smallest absolute Gasteiger partial charge is 0.335 e. The van der Waals surface area contributed by atoms with Gasteiger partial charge in [-0.2, -0.15) is 0 Å². The Labute approximate surface area is 152 Å². The van der Waals surface area contributed by atoms with Gasteiger partial charge >= 0.3 is 5.97 Å². The van der Waals surface area contributed by atoms with Crippen LogP contribution in [0.5, 0.6) is 0 Å². The number of anilines is 1. The lowest BCUT2D eigenvalue weighted by molar-refractivity contribution is 0.0696. The largest absolute Gasteiger partial charge is 0.478 e. The molecule has 0 spiro atoms. The van der Waals surface area contributed by atoms with E-state index in [4.69, 9.17) is 5.11 Å². The molecule has 0 aliphatic heterocycles. The van der Waals surface area contributed by atoms with Gasteiger partial charge in [0.25, 0.3) is 10.0 Å². The van der Waals surface area contributed by atoms with E-state index in [1.807, 2.05) is 0 Å². The van der Waals surface area contributed by atoms with E-state index in [2.05, 4.69) is 25.5 Å². The Morgan fingerprint density at radius 2 is 1.68 bits per heavy atom. The lowest BCUT2D eigenvalue weighted by atomic mass is 9.87. The van der Waals surface area contributed by atoms with Crippen LogP contribution >= 0.6 is 11.8 Å². The van der Waals surface area contributed by atoms with Crippen LogP contribution in [0.15, 0.2) is 52.3 Å². The van der Waals surface area contributed by atoms with Crippen molar-refractivity contribution in [3.05, 3.63) is 53.6 Å². The molecule has 0 aliphatic rings. The number of aromatic carboxylic acids is 1. The molecule has 0 atom stereocenters. The van der Waals surface area contributed by atoms with E-state index >= 15 is 0 Å². The van der Waals surface area contributed by atoms with Gasteiger partial charge in [0, 0.05) is 4.90 Å². The third-order valence-corrected chi connectivity index (χ3v) is 5.88. The number of carbonyl (C=O) groups is 1. The summed E-state index contributed by atoms with van der Waals surface area (Å²) in [7, 11) is -3.75. The number of rotatable bonds is 5. The maximum atomic E-state index is 12.6. The zero-order valence-electron chi connectivity index (χ0n) is 14.5. The highest BCUT2D eigenvalue weighted by atomic mass is 32.2. The Kier molecular flexibility index (Phi) is 5.49. The minimum Gasteiger partial charge on any atom is -0.478 e. The molecule has 2 aromatic carbocycles. The van der Waals surface area contributed by atoms with Crippen LogP contribution < -0.4 is 4.72 Å². The molecule has 0 amide bonds. The summed E-state index contributed by atoms with van der Waals surface area (Å²) in [6, 6.07) is 11.1. The molecule has 134 valence electrons. The number of benzene rings is 2. The predicted octanol–water partition coefficient (Wildman–Crippen LogP) is 4.21. The number of sulfonamides is 1. The van der Waals surface area contributed by atoms with Crippen LogP contribution in [0.4, 0.5) is 5.69 Å². The molecule has 0 heterocycles. The van der Waals surface area contributed by atoms with Crippen molar-refractivity contribution in [2.45, 2.75) is 36.0 Å². The topological polar surface area (TPSA) is 83.5 Å². The molecule has 0 bridgehead atoms. The summed E-state index contributed by atoms with van der Waals surface area (Å²) in [5.41, 5.74) is 1.45. The first-order valence-electron chi connectivity index (χ1n) is 7.59. The first kappa shape index (κ1) is 19.3. The molecule has 2 aromatic rings. The van der Waals surface area contributed by atoms with E-state index in [1.54, 1.807) is 30.5 Å². The highest BCUT2D eigenvalue weighted by Crippen LogP contribution is 2.29. The summed E-state index contributed by atoms with van der Waals surface area (Å²) in [6.07, 6.45) is 1.76. The minimum atomic E-state index is -3.75. The average Bonchev–Trinajstić information content (AvgIpc) is 2.54. The molecule has 2 rings (SSSR count). The van der Waals surface area contributed by atoms with Gasteiger partial charge in [0.15, 0.2) is 0 Å². The molecule has 0 saturated heterocycles. The first-order chi connectivity index (χ1) is 11.5. The summed E-state index contributed by atoms with van der Waals surface area (Å²) in [6.45, 7) is 6.18. The van der Waals surface area contributed by atoms with Crippen molar-refractivity contribution in [3.63, 3.8) is 0 Å². The van der Waals surface area contributed by atoms with Crippen LogP contribution in [0.1, 0.15) is 36.7 Å². The fraction of sp³-hybridized carbons (Fsp3) is 0.278. The van der Waals surface area contributed by atoms with Gasteiger partial charge in [0.05, 0.1) is 16.1 Å². The van der Waals surface area contributed by atoms with Crippen molar-refractivity contribution >= 4 is 33.4 Å². The maximum absolute atomic E-state index is 12.6. The second-order valence-corrected chi connectivity index (χ2v) is 9.13. The molecule has 25 heavy (non-hydrogen) atoms. The third kappa shape index (κ3) is 4.55. The predicted molar refractivity (Wildman–Crippen MR) is 101 cm³/mol. The number of hydrogen-bond acceptors (Lipinski definition) is 4. The van der Waals surface area contributed by atoms with Gasteiger partial charge < -0.3 is 5.11 Å². The van der Waals surface area contributed by atoms with Crippen molar-refractivity contribution in [3.8, 4) is 0 Å². The number of nitrogens with one attached hydrogen (secondary N) is 1. The molecule has 0 radical (unpaired) electrons. The highest BCUT2D eigenvalue weighted by molar-refractivity contribution is 7.99. The Bertz CT molecular complexity index is 882. The second kappa shape index (κ2) is 7.09. The van der Waals surface area contributed by atoms with E-state index in [9.17, 15) is 13.2 Å². The van der Waals surface area contributed by atoms with Gasteiger partial charge in [-0.25, -0.2) is 13.2 Å². The number of carboxylic acids is 1. The Morgan fingerprint density at radius 3 is 2.16 bits per heavy atom.